The van der Waals surface area contributed by atoms with Crippen LogP contribution in [0.1, 0.15) is 6.92 Å². The van der Waals surface area contributed by atoms with Crippen molar-refractivity contribution in [2.24, 2.45) is 5.84 Å². The second-order valence-corrected chi connectivity index (χ2v) is 5.20. The lowest BCUT2D eigenvalue weighted by molar-refractivity contribution is 0.184. The van der Waals surface area contributed by atoms with E-state index < -0.39 is 0 Å². The van der Waals surface area contributed by atoms with Crippen LogP contribution in [0.15, 0.2) is 37.8 Å². The minimum absolute atomic E-state index is 0.837. The summed E-state index contributed by atoms with van der Waals surface area (Å²) in [5.74, 6) is 6.04. The number of hydrazine groups is 1. The van der Waals surface area contributed by atoms with Crippen LogP contribution >= 0.6 is 0 Å². The molecule has 20 heavy (non-hydrogen) atoms. The van der Waals surface area contributed by atoms with Crippen LogP contribution in [0.2, 0.25) is 0 Å². The summed E-state index contributed by atoms with van der Waals surface area (Å²) in [7, 11) is 0. The molecule has 0 amide bonds. The molecule has 0 saturated carbocycles. The Morgan fingerprint density at radius 1 is 0.850 bits per heavy atom. The van der Waals surface area contributed by atoms with Gasteiger partial charge in [0.25, 0.3) is 0 Å². The van der Waals surface area contributed by atoms with E-state index in [-0.39, 0.29) is 0 Å². The molecule has 1 saturated heterocycles. The molecule has 114 valence electrons. The molecule has 0 unspecified atom stereocenters. The quantitative estimate of drug-likeness (QED) is 0.777. The summed E-state index contributed by atoms with van der Waals surface area (Å²) >= 11 is 0. The Kier molecular flexibility index (Phi) is 7.18. The van der Waals surface area contributed by atoms with Gasteiger partial charge in [-0.1, -0.05) is 19.7 Å². The van der Waals surface area contributed by atoms with Crippen LogP contribution < -0.4 is 5.84 Å². The summed E-state index contributed by atoms with van der Waals surface area (Å²) in [6.45, 7) is 21.1. The summed E-state index contributed by atoms with van der Waals surface area (Å²) in [5.41, 5.74) is 1.09. The zero-order valence-electron chi connectivity index (χ0n) is 12.8. The average Bonchev–Trinajstić information content (AvgIpc) is 2.42. The highest BCUT2D eigenvalue weighted by Crippen LogP contribution is 2.03. The third-order valence-electron chi connectivity index (χ3n) is 3.72. The molecule has 0 aromatic heterocycles. The molecular formula is C15H29N5. The van der Waals surface area contributed by atoms with E-state index in [4.69, 9.17) is 5.84 Å². The van der Waals surface area contributed by atoms with Crippen LogP contribution in [0.25, 0.3) is 0 Å². The molecule has 0 radical (unpaired) electrons. The van der Waals surface area contributed by atoms with Gasteiger partial charge in [-0.15, -0.1) is 0 Å². The van der Waals surface area contributed by atoms with E-state index in [2.05, 4.69) is 34.4 Å². The zero-order valence-corrected chi connectivity index (χ0v) is 12.8. The highest BCUT2D eigenvalue weighted by molar-refractivity contribution is 4.90. The SMILES string of the molecule is C=CN1CCN(N)CCN(C(=C)C)CCN(C=C)CC1. The minimum atomic E-state index is 0.837. The van der Waals surface area contributed by atoms with Crippen LogP contribution in [-0.4, -0.2) is 72.1 Å². The molecule has 1 aliphatic heterocycles. The Hall–Kier alpha value is -1.46. The maximum absolute atomic E-state index is 6.04. The van der Waals surface area contributed by atoms with Crippen molar-refractivity contribution in [3.8, 4) is 0 Å². The average molecular weight is 279 g/mol. The first kappa shape index (κ1) is 16.6. The van der Waals surface area contributed by atoms with Gasteiger partial charge in [0.2, 0.25) is 0 Å². The van der Waals surface area contributed by atoms with Gasteiger partial charge in [0.1, 0.15) is 0 Å². The van der Waals surface area contributed by atoms with Gasteiger partial charge in [0, 0.05) is 58.1 Å². The molecule has 1 heterocycles. The maximum atomic E-state index is 6.04. The molecule has 0 atom stereocenters. The van der Waals surface area contributed by atoms with Gasteiger partial charge in [-0.25, -0.2) is 5.01 Å². The maximum Gasteiger partial charge on any atom is 0.0351 e. The smallest absolute Gasteiger partial charge is 0.0351 e. The van der Waals surface area contributed by atoms with E-state index in [0.29, 0.717) is 0 Å². The number of nitrogens with two attached hydrogens (primary N) is 1. The Morgan fingerprint density at radius 2 is 1.25 bits per heavy atom. The molecule has 5 heteroatoms. The van der Waals surface area contributed by atoms with E-state index in [9.17, 15) is 0 Å². The standard InChI is InChI=1S/C15H29N5/c1-5-17-7-8-18(6-2)10-13-20(16)14-12-19(11-9-17)15(3)4/h5-6H,1-3,7-14,16H2,4H3. The van der Waals surface area contributed by atoms with Gasteiger partial charge < -0.3 is 14.7 Å². The first-order chi connectivity index (χ1) is 9.56. The lowest BCUT2D eigenvalue weighted by Gasteiger charge is -2.33. The largest absolute Gasteiger partial charge is 0.375 e. The summed E-state index contributed by atoms with van der Waals surface area (Å²) in [4.78, 5) is 6.73. The number of allylic oxidation sites excluding steroid dienone is 1. The van der Waals surface area contributed by atoms with Crippen molar-refractivity contribution in [1.29, 1.82) is 0 Å². The van der Waals surface area contributed by atoms with Gasteiger partial charge in [-0.2, -0.15) is 0 Å². The van der Waals surface area contributed by atoms with Crippen molar-refractivity contribution in [3.05, 3.63) is 37.8 Å². The topological polar surface area (TPSA) is 39.0 Å². The van der Waals surface area contributed by atoms with E-state index in [1.807, 2.05) is 24.3 Å². The molecule has 0 aliphatic carbocycles. The molecule has 0 bridgehead atoms. The Morgan fingerprint density at radius 3 is 1.75 bits per heavy atom. The number of hydrogen-bond acceptors (Lipinski definition) is 5. The second kappa shape index (κ2) is 8.66. The minimum Gasteiger partial charge on any atom is -0.375 e. The fourth-order valence-electron chi connectivity index (χ4n) is 2.21. The van der Waals surface area contributed by atoms with E-state index >= 15 is 0 Å². The number of nitrogens with zero attached hydrogens (tertiary/aromatic N) is 4. The third kappa shape index (κ3) is 5.67. The fourth-order valence-corrected chi connectivity index (χ4v) is 2.21. The van der Waals surface area contributed by atoms with Crippen LogP contribution in [0.3, 0.4) is 0 Å². The van der Waals surface area contributed by atoms with Crippen LogP contribution in [0.5, 0.6) is 0 Å². The Bertz CT molecular complexity index is 328. The van der Waals surface area contributed by atoms with E-state index in [1.54, 1.807) is 0 Å². The molecule has 0 aromatic rings. The fraction of sp³-hybridized carbons (Fsp3) is 0.600. The summed E-state index contributed by atoms with van der Waals surface area (Å²) in [6, 6.07) is 0. The van der Waals surface area contributed by atoms with Gasteiger partial charge >= 0.3 is 0 Å². The molecule has 0 aromatic carbocycles. The van der Waals surface area contributed by atoms with Crippen LogP contribution in [0, 0.1) is 0 Å². The van der Waals surface area contributed by atoms with Crippen molar-refractivity contribution in [2.75, 3.05) is 52.4 Å². The van der Waals surface area contributed by atoms with Crippen LogP contribution in [-0.2, 0) is 0 Å². The van der Waals surface area contributed by atoms with Crippen molar-refractivity contribution in [2.45, 2.75) is 6.92 Å². The lowest BCUT2D eigenvalue weighted by atomic mass is 10.3. The van der Waals surface area contributed by atoms with E-state index in [0.717, 1.165) is 58.1 Å². The zero-order chi connectivity index (χ0) is 15.0. The second-order valence-electron chi connectivity index (χ2n) is 5.20. The van der Waals surface area contributed by atoms with Gasteiger partial charge in [0.05, 0.1) is 0 Å². The molecule has 0 spiro atoms. The predicted octanol–water partition coefficient (Wildman–Crippen LogP) is 0.902. The number of rotatable bonds is 3. The Balaban J connectivity index is 2.67. The molecule has 1 rings (SSSR count). The molecule has 1 aliphatic rings. The predicted molar refractivity (Wildman–Crippen MR) is 85.7 cm³/mol. The highest BCUT2D eigenvalue weighted by Gasteiger charge is 2.11. The normalized spacial score (nSPS) is 20.0. The summed E-state index contributed by atoms with van der Waals surface area (Å²) < 4.78 is 0. The van der Waals surface area contributed by atoms with Crippen molar-refractivity contribution in [1.82, 2.24) is 19.7 Å². The molecule has 5 nitrogen and oxygen atoms in total. The molecule has 2 N–H and O–H groups in total. The van der Waals surface area contributed by atoms with Crippen LogP contribution in [0.4, 0.5) is 0 Å². The molecular weight excluding hydrogens is 250 g/mol. The highest BCUT2D eigenvalue weighted by atomic mass is 15.4. The van der Waals surface area contributed by atoms with Gasteiger partial charge in [0.15, 0.2) is 0 Å². The number of hydrogen-bond donors (Lipinski definition) is 1. The van der Waals surface area contributed by atoms with Crippen molar-refractivity contribution >= 4 is 0 Å². The Labute approximate surface area is 123 Å². The van der Waals surface area contributed by atoms with Gasteiger partial charge in [-0.05, 0) is 19.3 Å². The monoisotopic (exact) mass is 279 g/mol. The lowest BCUT2D eigenvalue weighted by Crippen LogP contribution is -2.45. The third-order valence-corrected chi connectivity index (χ3v) is 3.72. The first-order valence-electron chi connectivity index (χ1n) is 7.20. The van der Waals surface area contributed by atoms with E-state index in [1.165, 1.54) is 0 Å². The summed E-state index contributed by atoms with van der Waals surface area (Å²) in [5, 5.41) is 1.87. The van der Waals surface area contributed by atoms with Gasteiger partial charge in [-0.3, -0.25) is 5.84 Å². The van der Waals surface area contributed by atoms with Crippen molar-refractivity contribution < 1.29 is 0 Å². The van der Waals surface area contributed by atoms with Crippen molar-refractivity contribution in [3.63, 3.8) is 0 Å². The first-order valence-corrected chi connectivity index (χ1v) is 7.20. The summed E-state index contributed by atoms with van der Waals surface area (Å²) in [6.07, 6.45) is 3.81. The molecule has 1 fully saturated rings.